The van der Waals surface area contributed by atoms with Crippen LogP contribution in [-0.2, 0) is 6.54 Å². The number of carbonyl (C=O) groups is 1. The van der Waals surface area contributed by atoms with Crippen LogP contribution in [0.5, 0.6) is 0 Å². The second-order valence-corrected chi connectivity index (χ2v) is 5.33. The van der Waals surface area contributed by atoms with Crippen LogP contribution in [0.15, 0.2) is 60.9 Å². The number of halogens is 1. The predicted molar refractivity (Wildman–Crippen MR) is 86.9 cm³/mol. The van der Waals surface area contributed by atoms with Crippen LogP contribution in [0.1, 0.15) is 21.5 Å². The van der Waals surface area contributed by atoms with Crippen molar-refractivity contribution >= 4 is 11.6 Å². The minimum absolute atomic E-state index is 0.312. The van der Waals surface area contributed by atoms with Crippen molar-refractivity contribution in [2.45, 2.75) is 13.5 Å². The fourth-order valence-corrected chi connectivity index (χ4v) is 2.21. The van der Waals surface area contributed by atoms with E-state index in [0.717, 1.165) is 5.56 Å². The van der Waals surface area contributed by atoms with Crippen LogP contribution in [-0.4, -0.2) is 15.7 Å². The SMILES string of the molecule is Cc1ccc(NC(=O)c2cnn(Cc3ccccc3)c2)cc1F. The summed E-state index contributed by atoms with van der Waals surface area (Å²) in [4.78, 5) is 12.2. The lowest BCUT2D eigenvalue weighted by molar-refractivity contribution is 0.102. The number of aromatic nitrogens is 2. The molecular formula is C18H16FN3O. The van der Waals surface area contributed by atoms with E-state index in [0.29, 0.717) is 23.4 Å². The second kappa shape index (κ2) is 6.44. The number of hydrogen-bond acceptors (Lipinski definition) is 2. The molecule has 2 aromatic carbocycles. The van der Waals surface area contributed by atoms with Crippen molar-refractivity contribution in [1.29, 1.82) is 0 Å². The zero-order valence-corrected chi connectivity index (χ0v) is 12.7. The summed E-state index contributed by atoms with van der Waals surface area (Å²) in [5.74, 6) is -0.657. The second-order valence-electron chi connectivity index (χ2n) is 5.33. The predicted octanol–water partition coefficient (Wildman–Crippen LogP) is 3.63. The number of amides is 1. The van der Waals surface area contributed by atoms with Gasteiger partial charge in [-0.1, -0.05) is 36.4 Å². The molecule has 5 heteroatoms. The van der Waals surface area contributed by atoms with Gasteiger partial charge in [-0.3, -0.25) is 9.48 Å². The number of benzene rings is 2. The van der Waals surface area contributed by atoms with Gasteiger partial charge in [-0.05, 0) is 30.2 Å². The van der Waals surface area contributed by atoms with Crippen LogP contribution in [0.3, 0.4) is 0 Å². The summed E-state index contributed by atoms with van der Waals surface area (Å²) in [5, 5.41) is 6.86. The zero-order valence-electron chi connectivity index (χ0n) is 12.7. The Kier molecular flexibility index (Phi) is 4.19. The van der Waals surface area contributed by atoms with Gasteiger partial charge >= 0.3 is 0 Å². The first-order valence-electron chi connectivity index (χ1n) is 7.26. The lowest BCUT2D eigenvalue weighted by Gasteiger charge is -2.05. The third kappa shape index (κ3) is 3.63. The van der Waals surface area contributed by atoms with E-state index in [-0.39, 0.29) is 11.7 Å². The maximum Gasteiger partial charge on any atom is 0.258 e. The molecule has 0 saturated carbocycles. The average Bonchev–Trinajstić information content (AvgIpc) is 3.00. The Balaban J connectivity index is 1.69. The molecule has 0 aliphatic heterocycles. The standard InChI is InChI=1S/C18H16FN3O/c1-13-7-8-16(9-17(13)19)21-18(23)15-10-20-22(12-15)11-14-5-3-2-4-6-14/h2-10,12H,11H2,1H3,(H,21,23). The maximum absolute atomic E-state index is 13.5. The third-order valence-electron chi connectivity index (χ3n) is 3.51. The molecule has 4 nitrogen and oxygen atoms in total. The molecule has 23 heavy (non-hydrogen) atoms. The van der Waals surface area contributed by atoms with Gasteiger partial charge in [-0.25, -0.2) is 4.39 Å². The molecule has 0 unspecified atom stereocenters. The quantitative estimate of drug-likeness (QED) is 0.800. The normalized spacial score (nSPS) is 10.5. The largest absolute Gasteiger partial charge is 0.322 e. The monoisotopic (exact) mass is 309 g/mol. The highest BCUT2D eigenvalue weighted by atomic mass is 19.1. The number of anilines is 1. The van der Waals surface area contributed by atoms with E-state index in [4.69, 9.17) is 0 Å². The number of hydrogen-bond donors (Lipinski definition) is 1. The van der Waals surface area contributed by atoms with E-state index in [1.165, 1.54) is 12.3 Å². The number of carbonyl (C=O) groups excluding carboxylic acids is 1. The van der Waals surface area contributed by atoms with Crippen LogP contribution in [0.25, 0.3) is 0 Å². The van der Waals surface area contributed by atoms with Crippen LogP contribution >= 0.6 is 0 Å². The fourth-order valence-electron chi connectivity index (χ4n) is 2.21. The summed E-state index contributed by atoms with van der Waals surface area (Å²) >= 11 is 0. The van der Waals surface area contributed by atoms with Gasteiger partial charge in [0.05, 0.1) is 18.3 Å². The highest BCUT2D eigenvalue weighted by Gasteiger charge is 2.10. The van der Waals surface area contributed by atoms with Gasteiger partial charge in [0.2, 0.25) is 0 Å². The minimum Gasteiger partial charge on any atom is -0.322 e. The van der Waals surface area contributed by atoms with Gasteiger partial charge in [0.15, 0.2) is 0 Å². The lowest BCUT2D eigenvalue weighted by Crippen LogP contribution is -2.11. The van der Waals surface area contributed by atoms with Crippen molar-refractivity contribution in [1.82, 2.24) is 9.78 Å². The Hall–Kier alpha value is -2.95. The fraction of sp³-hybridized carbons (Fsp3) is 0.111. The van der Waals surface area contributed by atoms with Crippen LogP contribution in [0.4, 0.5) is 10.1 Å². The van der Waals surface area contributed by atoms with Crippen molar-refractivity contribution < 1.29 is 9.18 Å². The minimum atomic E-state index is -0.345. The Bertz CT molecular complexity index is 827. The third-order valence-corrected chi connectivity index (χ3v) is 3.51. The van der Waals surface area contributed by atoms with E-state index in [1.54, 1.807) is 29.9 Å². The van der Waals surface area contributed by atoms with Gasteiger partial charge in [-0.2, -0.15) is 5.10 Å². The van der Waals surface area contributed by atoms with Gasteiger partial charge in [0.25, 0.3) is 5.91 Å². The summed E-state index contributed by atoms with van der Waals surface area (Å²) in [6.07, 6.45) is 3.18. The van der Waals surface area contributed by atoms with Gasteiger partial charge < -0.3 is 5.32 Å². The number of rotatable bonds is 4. The molecule has 0 fully saturated rings. The molecule has 1 N–H and O–H groups in total. The zero-order chi connectivity index (χ0) is 16.2. The van der Waals surface area contributed by atoms with Gasteiger partial charge in [0.1, 0.15) is 5.82 Å². The highest BCUT2D eigenvalue weighted by molar-refractivity contribution is 6.03. The molecule has 116 valence electrons. The summed E-state index contributed by atoms with van der Waals surface area (Å²) in [6, 6.07) is 14.5. The Labute approximate surface area is 133 Å². The van der Waals surface area contributed by atoms with E-state index in [9.17, 15) is 9.18 Å². The molecule has 1 heterocycles. The Morgan fingerprint density at radius 3 is 2.74 bits per heavy atom. The number of nitrogens with zero attached hydrogens (tertiary/aromatic N) is 2. The van der Waals surface area contributed by atoms with Crippen molar-refractivity contribution in [3.63, 3.8) is 0 Å². The summed E-state index contributed by atoms with van der Waals surface area (Å²) in [6.45, 7) is 2.27. The molecule has 0 radical (unpaired) electrons. The first kappa shape index (κ1) is 15.0. The molecule has 0 aliphatic carbocycles. The molecule has 0 atom stereocenters. The lowest BCUT2D eigenvalue weighted by atomic mass is 10.2. The molecule has 1 amide bonds. The molecule has 3 rings (SSSR count). The topological polar surface area (TPSA) is 46.9 Å². The van der Waals surface area contributed by atoms with Crippen LogP contribution in [0, 0.1) is 12.7 Å². The molecule has 0 spiro atoms. The van der Waals surface area contributed by atoms with E-state index >= 15 is 0 Å². The smallest absolute Gasteiger partial charge is 0.258 e. The summed E-state index contributed by atoms with van der Waals surface area (Å²) in [5.41, 5.74) is 2.50. The number of nitrogens with one attached hydrogen (secondary N) is 1. The van der Waals surface area contributed by atoms with Crippen molar-refractivity contribution in [3.05, 3.63) is 83.4 Å². The van der Waals surface area contributed by atoms with Crippen LogP contribution in [0.2, 0.25) is 0 Å². The summed E-state index contributed by atoms with van der Waals surface area (Å²) in [7, 11) is 0. The molecule has 0 saturated heterocycles. The Morgan fingerprint density at radius 1 is 1.22 bits per heavy atom. The van der Waals surface area contributed by atoms with Gasteiger partial charge in [0, 0.05) is 11.9 Å². The van der Waals surface area contributed by atoms with Crippen LogP contribution < -0.4 is 5.32 Å². The molecule has 0 aliphatic rings. The van der Waals surface area contributed by atoms with Crippen molar-refractivity contribution in [3.8, 4) is 0 Å². The first-order chi connectivity index (χ1) is 11.1. The molecular weight excluding hydrogens is 293 g/mol. The molecule has 3 aromatic rings. The van der Waals surface area contributed by atoms with E-state index < -0.39 is 0 Å². The van der Waals surface area contributed by atoms with E-state index in [2.05, 4.69) is 10.4 Å². The first-order valence-corrected chi connectivity index (χ1v) is 7.26. The van der Waals surface area contributed by atoms with Crippen molar-refractivity contribution in [2.75, 3.05) is 5.32 Å². The number of aryl methyl sites for hydroxylation is 1. The average molecular weight is 309 g/mol. The Morgan fingerprint density at radius 2 is 2.00 bits per heavy atom. The van der Waals surface area contributed by atoms with Crippen molar-refractivity contribution in [2.24, 2.45) is 0 Å². The van der Waals surface area contributed by atoms with E-state index in [1.807, 2.05) is 30.3 Å². The highest BCUT2D eigenvalue weighted by Crippen LogP contribution is 2.14. The molecule has 1 aromatic heterocycles. The maximum atomic E-state index is 13.5. The molecule has 0 bridgehead atoms. The summed E-state index contributed by atoms with van der Waals surface area (Å²) < 4.78 is 15.2. The van der Waals surface area contributed by atoms with Gasteiger partial charge in [-0.15, -0.1) is 0 Å².